The Kier molecular flexibility index (Phi) is 7.63. The number of hydrogen-bond donors (Lipinski definition) is 2. The summed E-state index contributed by atoms with van der Waals surface area (Å²) in [7, 11) is 2.01. The zero-order valence-electron chi connectivity index (χ0n) is 21.9. The van der Waals surface area contributed by atoms with Crippen molar-refractivity contribution in [1.29, 1.82) is 0 Å². The van der Waals surface area contributed by atoms with Gasteiger partial charge in [-0.1, -0.05) is 6.07 Å². The van der Waals surface area contributed by atoms with Gasteiger partial charge in [0.2, 0.25) is 5.95 Å². The minimum Gasteiger partial charge on any atom is -0.461 e. The molecule has 4 aromatic rings. The van der Waals surface area contributed by atoms with Crippen LogP contribution in [-0.4, -0.2) is 88.5 Å². The van der Waals surface area contributed by atoms with Crippen molar-refractivity contribution < 1.29 is 32.5 Å². The van der Waals surface area contributed by atoms with Crippen molar-refractivity contribution in [2.75, 3.05) is 56.7 Å². The number of aliphatic hydroxyl groups is 1. The molecule has 3 heterocycles. The lowest BCUT2D eigenvalue weighted by Gasteiger charge is -2.34. The summed E-state index contributed by atoms with van der Waals surface area (Å²) in [6.45, 7) is 4.76. The number of carbonyl (C=O) groups excluding carboxylic acids is 1. The van der Waals surface area contributed by atoms with Gasteiger partial charge in [-0.05, 0) is 38.2 Å². The Balaban J connectivity index is 1.57. The summed E-state index contributed by atoms with van der Waals surface area (Å²) in [5, 5.41) is 17.9. The monoisotopic (exact) mass is 559 g/mol. The first-order valence-corrected chi connectivity index (χ1v) is 12.7. The molecular weight excluding hydrogens is 531 g/mol. The molecule has 1 fully saturated rings. The molecule has 0 radical (unpaired) electrons. The molecule has 2 N–H and O–H groups in total. The van der Waals surface area contributed by atoms with Gasteiger partial charge in [0.15, 0.2) is 11.4 Å². The molecule has 40 heavy (non-hydrogen) atoms. The Morgan fingerprint density at radius 3 is 2.62 bits per heavy atom. The first kappa shape index (κ1) is 27.4. The molecule has 1 aliphatic heterocycles. The van der Waals surface area contributed by atoms with Gasteiger partial charge in [0.25, 0.3) is 0 Å². The van der Waals surface area contributed by atoms with E-state index in [4.69, 9.17) is 4.74 Å². The maximum atomic E-state index is 13.2. The van der Waals surface area contributed by atoms with E-state index in [0.717, 1.165) is 31.9 Å². The number of halogens is 3. The standard InChI is InChI=1S/C26H28F3N7O4/c1-3-39-24(38)22-18-6-4-16-15-30-25(32-21(16)23(18)36(33-22)12-13-37)31-19-14-17(35-10-8-34(2)9-11-35)5-7-20(19)40-26(27,28)29/h4-7,14-15,37H,3,8-13H2,1-2H3,(H,30,31,32). The van der Waals surface area contributed by atoms with E-state index in [1.165, 1.54) is 16.9 Å². The van der Waals surface area contributed by atoms with Crippen molar-refractivity contribution in [1.82, 2.24) is 24.6 Å². The molecule has 1 aliphatic rings. The topological polar surface area (TPSA) is 118 Å². The Labute approximate surface area is 227 Å². The lowest BCUT2D eigenvalue weighted by Crippen LogP contribution is -2.44. The number of fused-ring (bicyclic) bond motifs is 3. The summed E-state index contributed by atoms with van der Waals surface area (Å²) in [6, 6.07) is 7.84. The van der Waals surface area contributed by atoms with Gasteiger partial charge in [-0.25, -0.2) is 14.8 Å². The van der Waals surface area contributed by atoms with Crippen LogP contribution in [0.25, 0.3) is 21.8 Å². The van der Waals surface area contributed by atoms with E-state index in [2.05, 4.69) is 34.9 Å². The number of esters is 1. The quantitative estimate of drug-likeness (QED) is 0.311. The number of rotatable bonds is 8. The van der Waals surface area contributed by atoms with E-state index in [1.54, 1.807) is 31.2 Å². The highest BCUT2D eigenvalue weighted by Crippen LogP contribution is 2.36. The minimum atomic E-state index is -4.90. The molecule has 0 amide bonds. The van der Waals surface area contributed by atoms with Crippen LogP contribution in [0.5, 0.6) is 5.75 Å². The van der Waals surface area contributed by atoms with Crippen molar-refractivity contribution >= 4 is 45.1 Å². The van der Waals surface area contributed by atoms with Crippen LogP contribution in [0.1, 0.15) is 17.4 Å². The van der Waals surface area contributed by atoms with Crippen LogP contribution in [0, 0.1) is 0 Å². The number of piperazine rings is 1. The normalized spacial score (nSPS) is 14.6. The van der Waals surface area contributed by atoms with E-state index in [0.29, 0.717) is 21.8 Å². The third-order valence-corrected chi connectivity index (χ3v) is 6.54. The van der Waals surface area contributed by atoms with Crippen LogP contribution >= 0.6 is 0 Å². The minimum absolute atomic E-state index is 0.0111. The van der Waals surface area contributed by atoms with E-state index in [1.807, 2.05) is 7.05 Å². The van der Waals surface area contributed by atoms with Crippen molar-refractivity contribution in [3.63, 3.8) is 0 Å². The highest BCUT2D eigenvalue weighted by Gasteiger charge is 2.32. The SMILES string of the molecule is CCOC(=O)c1nn(CCO)c2c1ccc1cnc(Nc3cc(N4CCN(C)CC4)ccc3OC(F)(F)F)nc12. The van der Waals surface area contributed by atoms with Gasteiger partial charge in [0.05, 0.1) is 31.0 Å². The van der Waals surface area contributed by atoms with Gasteiger partial charge in [-0.15, -0.1) is 13.2 Å². The maximum absolute atomic E-state index is 13.2. The van der Waals surface area contributed by atoms with Gasteiger partial charge < -0.3 is 29.7 Å². The fourth-order valence-corrected chi connectivity index (χ4v) is 4.64. The first-order chi connectivity index (χ1) is 19.2. The number of nitrogens with one attached hydrogen (secondary N) is 1. The highest BCUT2D eigenvalue weighted by atomic mass is 19.4. The average molecular weight is 560 g/mol. The molecular formula is C26H28F3N7O4. The molecule has 0 atom stereocenters. The number of hydrogen-bond acceptors (Lipinski definition) is 10. The Morgan fingerprint density at radius 1 is 1.15 bits per heavy atom. The van der Waals surface area contributed by atoms with Crippen molar-refractivity contribution in [2.45, 2.75) is 19.8 Å². The van der Waals surface area contributed by atoms with E-state index in [-0.39, 0.29) is 37.1 Å². The van der Waals surface area contributed by atoms with Crippen LogP contribution in [0.2, 0.25) is 0 Å². The molecule has 14 heteroatoms. The number of anilines is 3. The fourth-order valence-electron chi connectivity index (χ4n) is 4.64. The third-order valence-electron chi connectivity index (χ3n) is 6.54. The molecule has 0 aliphatic carbocycles. The molecule has 0 saturated carbocycles. The molecule has 5 rings (SSSR count). The summed E-state index contributed by atoms with van der Waals surface area (Å²) in [4.78, 5) is 25.7. The van der Waals surface area contributed by atoms with Gasteiger partial charge >= 0.3 is 12.3 Å². The van der Waals surface area contributed by atoms with Crippen LogP contribution in [-0.2, 0) is 11.3 Å². The molecule has 1 saturated heterocycles. The second-order valence-electron chi connectivity index (χ2n) is 9.25. The third kappa shape index (κ3) is 5.72. The predicted octanol–water partition coefficient (Wildman–Crippen LogP) is 3.54. The van der Waals surface area contributed by atoms with Crippen LogP contribution in [0.3, 0.4) is 0 Å². The van der Waals surface area contributed by atoms with Crippen molar-refractivity contribution in [3.05, 3.63) is 42.2 Å². The number of benzene rings is 2. The highest BCUT2D eigenvalue weighted by molar-refractivity contribution is 6.10. The van der Waals surface area contributed by atoms with Crippen molar-refractivity contribution in [3.8, 4) is 5.75 Å². The number of ether oxygens (including phenoxy) is 2. The average Bonchev–Trinajstić information content (AvgIpc) is 3.29. The van der Waals surface area contributed by atoms with Gasteiger partial charge in [0.1, 0.15) is 5.52 Å². The molecule has 0 unspecified atom stereocenters. The van der Waals surface area contributed by atoms with Crippen LogP contribution < -0.4 is 15.0 Å². The Bertz CT molecular complexity index is 1530. The summed E-state index contributed by atoms with van der Waals surface area (Å²) >= 11 is 0. The second-order valence-corrected chi connectivity index (χ2v) is 9.25. The maximum Gasteiger partial charge on any atom is 0.573 e. The summed E-state index contributed by atoms with van der Waals surface area (Å²) in [6.07, 6.45) is -3.39. The number of carbonyl (C=O) groups is 1. The van der Waals surface area contributed by atoms with Crippen LogP contribution in [0.4, 0.5) is 30.5 Å². The van der Waals surface area contributed by atoms with E-state index < -0.39 is 18.1 Å². The van der Waals surface area contributed by atoms with Crippen LogP contribution in [0.15, 0.2) is 36.5 Å². The molecule has 2 aromatic carbocycles. The Morgan fingerprint density at radius 2 is 1.93 bits per heavy atom. The molecule has 0 bridgehead atoms. The molecule has 11 nitrogen and oxygen atoms in total. The smallest absolute Gasteiger partial charge is 0.461 e. The first-order valence-electron chi connectivity index (χ1n) is 12.7. The molecule has 212 valence electrons. The summed E-state index contributed by atoms with van der Waals surface area (Å²) in [5.74, 6) is -1.04. The van der Waals surface area contributed by atoms with Gasteiger partial charge in [-0.2, -0.15) is 5.10 Å². The number of alkyl halides is 3. The second kappa shape index (κ2) is 11.1. The Hall–Kier alpha value is -4.17. The fraction of sp³-hybridized carbons (Fsp3) is 0.385. The summed E-state index contributed by atoms with van der Waals surface area (Å²) in [5.41, 5.74) is 1.68. The number of aliphatic hydroxyl groups excluding tert-OH is 1. The van der Waals surface area contributed by atoms with E-state index in [9.17, 15) is 23.1 Å². The lowest BCUT2D eigenvalue weighted by atomic mass is 10.1. The van der Waals surface area contributed by atoms with Gasteiger partial charge in [-0.3, -0.25) is 4.68 Å². The summed E-state index contributed by atoms with van der Waals surface area (Å²) < 4.78 is 50.5. The predicted molar refractivity (Wildman–Crippen MR) is 142 cm³/mol. The number of likely N-dealkylation sites (N-methyl/N-ethyl adjacent to an activating group) is 1. The van der Waals surface area contributed by atoms with Gasteiger partial charge in [0, 0.05) is 48.8 Å². The van der Waals surface area contributed by atoms with E-state index >= 15 is 0 Å². The largest absolute Gasteiger partial charge is 0.573 e. The molecule has 2 aromatic heterocycles. The molecule has 0 spiro atoms. The number of aromatic nitrogens is 4. The zero-order valence-corrected chi connectivity index (χ0v) is 21.9. The number of nitrogens with zero attached hydrogens (tertiary/aromatic N) is 6. The van der Waals surface area contributed by atoms with Crippen molar-refractivity contribution in [2.24, 2.45) is 0 Å². The lowest BCUT2D eigenvalue weighted by molar-refractivity contribution is -0.274. The zero-order chi connectivity index (χ0) is 28.4.